The molecular weight excluding hydrogens is 402 g/mol. The number of carbonyl (C=O) groups excluding carboxylic acids is 1. The topological polar surface area (TPSA) is 109 Å². The smallest absolute Gasteiger partial charge is 0.254 e. The molecule has 0 atom stereocenters. The van der Waals surface area contributed by atoms with Crippen molar-refractivity contribution in [1.82, 2.24) is 14.6 Å². The second-order valence-corrected chi connectivity index (χ2v) is 7.18. The molecule has 5 aromatic rings. The third kappa shape index (κ3) is 3.41. The Balaban J connectivity index is 1.61. The number of primary amides is 1. The molecule has 0 radical (unpaired) electrons. The molecular formula is C25H19N5O2. The van der Waals surface area contributed by atoms with Crippen molar-refractivity contribution in [2.75, 3.05) is 5.73 Å². The summed E-state index contributed by atoms with van der Waals surface area (Å²) in [6, 6.07) is 26.1. The van der Waals surface area contributed by atoms with Gasteiger partial charge in [0.1, 0.15) is 22.8 Å². The van der Waals surface area contributed by atoms with E-state index in [-0.39, 0.29) is 5.56 Å². The number of anilines is 1. The highest BCUT2D eigenvalue weighted by Crippen LogP contribution is 2.32. The quantitative estimate of drug-likeness (QED) is 0.405. The lowest BCUT2D eigenvalue weighted by Crippen LogP contribution is -2.12. The molecule has 7 heteroatoms. The van der Waals surface area contributed by atoms with Crippen LogP contribution in [0.4, 0.5) is 5.69 Å². The van der Waals surface area contributed by atoms with Crippen LogP contribution in [0.1, 0.15) is 10.4 Å². The van der Waals surface area contributed by atoms with Crippen molar-refractivity contribution < 1.29 is 9.53 Å². The number of hydrogen-bond acceptors (Lipinski definition) is 5. The first-order chi connectivity index (χ1) is 15.6. The van der Waals surface area contributed by atoms with E-state index in [1.807, 2.05) is 78.9 Å². The SMILES string of the molecule is NC(=O)c1c(-c2ccc(Oc3ccccc3)cc2)nn2c(-c3ccccc3N)ccnc12. The van der Waals surface area contributed by atoms with Crippen LogP contribution < -0.4 is 16.2 Å². The molecule has 0 saturated carbocycles. The number of ether oxygens (including phenoxy) is 1. The maximum Gasteiger partial charge on any atom is 0.254 e. The van der Waals surface area contributed by atoms with Gasteiger partial charge in [-0.1, -0.05) is 36.4 Å². The summed E-state index contributed by atoms with van der Waals surface area (Å²) in [7, 11) is 0. The molecule has 0 fully saturated rings. The van der Waals surface area contributed by atoms with Gasteiger partial charge >= 0.3 is 0 Å². The van der Waals surface area contributed by atoms with Gasteiger partial charge in [0, 0.05) is 23.0 Å². The zero-order valence-electron chi connectivity index (χ0n) is 17.0. The summed E-state index contributed by atoms with van der Waals surface area (Å²) < 4.78 is 7.46. The highest BCUT2D eigenvalue weighted by atomic mass is 16.5. The van der Waals surface area contributed by atoms with Crippen molar-refractivity contribution in [3.8, 4) is 34.0 Å². The number of hydrogen-bond donors (Lipinski definition) is 2. The first-order valence-corrected chi connectivity index (χ1v) is 9.97. The number of para-hydroxylation sites is 2. The van der Waals surface area contributed by atoms with Crippen LogP contribution in [0.15, 0.2) is 91.1 Å². The van der Waals surface area contributed by atoms with Gasteiger partial charge in [0.2, 0.25) is 0 Å². The Kier molecular flexibility index (Phi) is 4.76. The number of fused-ring (bicyclic) bond motifs is 1. The molecule has 0 aliphatic carbocycles. The van der Waals surface area contributed by atoms with Crippen LogP contribution in [-0.4, -0.2) is 20.5 Å². The second-order valence-electron chi connectivity index (χ2n) is 7.18. The molecule has 5 rings (SSSR count). The number of carbonyl (C=O) groups is 1. The summed E-state index contributed by atoms with van der Waals surface area (Å²) in [5.74, 6) is 0.797. The van der Waals surface area contributed by atoms with Gasteiger partial charge < -0.3 is 16.2 Å². The molecule has 1 amide bonds. The maximum atomic E-state index is 12.4. The molecule has 0 bridgehead atoms. The van der Waals surface area contributed by atoms with E-state index in [1.54, 1.807) is 16.8 Å². The Morgan fingerprint density at radius 3 is 2.25 bits per heavy atom. The van der Waals surface area contributed by atoms with E-state index in [9.17, 15) is 4.79 Å². The first kappa shape index (κ1) is 19.3. The summed E-state index contributed by atoms with van der Waals surface area (Å²) in [6.45, 7) is 0. The first-order valence-electron chi connectivity index (χ1n) is 9.97. The van der Waals surface area contributed by atoms with E-state index in [2.05, 4.69) is 4.98 Å². The van der Waals surface area contributed by atoms with Crippen LogP contribution >= 0.6 is 0 Å². The van der Waals surface area contributed by atoms with Crippen molar-refractivity contribution in [2.45, 2.75) is 0 Å². The number of benzene rings is 3. The third-order valence-corrected chi connectivity index (χ3v) is 5.11. The molecule has 4 N–H and O–H groups in total. The number of nitrogens with zero attached hydrogens (tertiary/aromatic N) is 3. The highest BCUT2D eigenvalue weighted by molar-refractivity contribution is 6.05. The number of nitrogen functional groups attached to an aromatic ring is 1. The fourth-order valence-corrected chi connectivity index (χ4v) is 3.61. The van der Waals surface area contributed by atoms with Crippen molar-refractivity contribution in [3.63, 3.8) is 0 Å². The molecule has 0 spiro atoms. The third-order valence-electron chi connectivity index (χ3n) is 5.11. The predicted molar refractivity (Wildman–Crippen MR) is 123 cm³/mol. The summed E-state index contributed by atoms with van der Waals surface area (Å²) in [5.41, 5.74) is 15.8. The zero-order chi connectivity index (χ0) is 22.1. The minimum atomic E-state index is -0.606. The molecule has 2 heterocycles. The minimum absolute atomic E-state index is 0.248. The second kappa shape index (κ2) is 7.88. The van der Waals surface area contributed by atoms with Gasteiger partial charge in [0.15, 0.2) is 5.65 Å². The van der Waals surface area contributed by atoms with Crippen molar-refractivity contribution >= 4 is 17.2 Å². The van der Waals surface area contributed by atoms with E-state index in [0.29, 0.717) is 28.5 Å². The predicted octanol–water partition coefficient (Wildman–Crippen LogP) is 4.54. The Bertz CT molecular complexity index is 1430. The Labute approximate surface area is 183 Å². The molecule has 7 nitrogen and oxygen atoms in total. The highest BCUT2D eigenvalue weighted by Gasteiger charge is 2.22. The lowest BCUT2D eigenvalue weighted by molar-refractivity contribution is 0.100. The van der Waals surface area contributed by atoms with Crippen LogP contribution in [-0.2, 0) is 0 Å². The van der Waals surface area contributed by atoms with Gasteiger partial charge in [-0.05, 0) is 48.5 Å². The standard InChI is InChI=1S/C25H19N5O2/c26-20-9-5-4-8-19(20)21-14-15-28-25-22(24(27)31)23(29-30(21)25)16-10-12-18(13-11-16)32-17-6-2-1-3-7-17/h1-15H,26H2,(H2,27,31). The van der Waals surface area contributed by atoms with Crippen molar-refractivity contribution in [1.29, 1.82) is 0 Å². The number of nitrogens with two attached hydrogens (primary N) is 2. The average molecular weight is 421 g/mol. The summed E-state index contributed by atoms with van der Waals surface area (Å²) in [6.07, 6.45) is 1.62. The monoisotopic (exact) mass is 421 g/mol. The molecule has 32 heavy (non-hydrogen) atoms. The van der Waals surface area contributed by atoms with Gasteiger partial charge in [0.25, 0.3) is 5.91 Å². The zero-order valence-corrected chi connectivity index (χ0v) is 17.0. The summed E-state index contributed by atoms with van der Waals surface area (Å²) >= 11 is 0. The Morgan fingerprint density at radius 2 is 1.53 bits per heavy atom. The molecule has 0 saturated heterocycles. The van der Waals surface area contributed by atoms with Gasteiger partial charge in [0.05, 0.1) is 5.69 Å². The summed E-state index contributed by atoms with van der Waals surface area (Å²) in [4.78, 5) is 16.7. The maximum absolute atomic E-state index is 12.4. The van der Waals surface area contributed by atoms with Crippen LogP contribution in [0.2, 0.25) is 0 Å². The van der Waals surface area contributed by atoms with E-state index in [4.69, 9.17) is 21.3 Å². The van der Waals surface area contributed by atoms with Gasteiger partial charge in [-0.15, -0.1) is 0 Å². The summed E-state index contributed by atoms with van der Waals surface area (Å²) in [5, 5.41) is 4.69. The van der Waals surface area contributed by atoms with Crippen LogP contribution in [0.3, 0.4) is 0 Å². The van der Waals surface area contributed by atoms with Crippen LogP contribution in [0, 0.1) is 0 Å². The molecule has 0 unspecified atom stereocenters. The Morgan fingerprint density at radius 1 is 0.844 bits per heavy atom. The molecule has 156 valence electrons. The van der Waals surface area contributed by atoms with Crippen molar-refractivity contribution in [3.05, 3.63) is 96.7 Å². The number of amides is 1. The molecule has 0 aliphatic heterocycles. The van der Waals surface area contributed by atoms with Gasteiger partial charge in [-0.3, -0.25) is 4.79 Å². The van der Waals surface area contributed by atoms with E-state index < -0.39 is 5.91 Å². The fourth-order valence-electron chi connectivity index (χ4n) is 3.61. The minimum Gasteiger partial charge on any atom is -0.457 e. The van der Waals surface area contributed by atoms with Crippen LogP contribution in [0.5, 0.6) is 11.5 Å². The molecule has 2 aromatic heterocycles. The lowest BCUT2D eigenvalue weighted by atomic mass is 10.1. The van der Waals surface area contributed by atoms with E-state index in [0.717, 1.165) is 16.9 Å². The number of aromatic nitrogens is 3. The van der Waals surface area contributed by atoms with Gasteiger partial charge in [-0.2, -0.15) is 5.10 Å². The normalized spacial score (nSPS) is 10.9. The van der Waals surface area contributed by atoms with E-state index >= 15 is 0 Å². The van der Waals surface area contributed by atoms with Crippen molar-refractivity contribution in [2.24, 2.45) is 5.73 Å². The average Bonchev–Trinajstić information content (AvgIpc) is 3.21. The largest absolute Gasteiger partial charge is 0.457 e. The van der Waals surface area contributed by atoms with Gasteiger partial charge in [-0.25, -0.2) is 9.50 Å². The fraction of sp³-hybridized carbons (Fsp3) is 0. The Hall–Kier alpha value is -4.65. The number of rotatable bonds is 5. The molecule has 0 aliphatic rings. The molecule has 3 aromatic carbocycles. The lowest BCUT2D eigenvalue weighted by Gasteiger charge is -2.07. The van der Waals surface area contributed by atoms with Crippen LogP contribution in [0.25, 0.3) is 28.2 Å². The van der Waals surface area contributed by atoms with E-state index in [1.165, 1.54) is 0 Å².